The summed E-state index contributed by atoms with van der Waals surface area (Å²) in [4.78, 5) is 0.152. The van der Waals surface area contributed by atoms with Gasteiger partial charge in [0.1, 0.15) is 4.90 Å². The van der Waals surface area contributed by atoms with Crippen LogP contribution in [0.25, 0.3) is 0 Å². The van der Waals surface area contributed by atoms with Gasteiger partial charge in [-0.2, -0.15) is 4.31 Å². The SMILES string of the molecule is CCOC1CCCN(S(=O)(=O)c2ccc(Br)cc2Cl)C1. The second-order valence-corrected chi connectivity index (χ2v) is 7.89. The highest BCUT2D eigenvalue weighted by Gasteiger charge is 2.31. The normalized spacial score (nSPS) is 21.1. The summed E-state index contributed by atoms with van der Waals surface area (Å²) in [5.41, 5.74) is 0. The van der Waals surface area contributed by atoms with E-state index in [1.54, 1.807) is 12.1 Å². The lowest BCUT2D eigenvalue weighted by molar-refractivity contribution is 0.0265. The van der Waals surface area contributed by atoms with Crippen LogP contribution < -0.4 is 0 Å². The standard InChI is InChI=1S/C13H17BrClNO3S/c1-2-19-11-4-3-7-16(9-11)20(17,18)13-6-5-10(14)8-12(13)15/h5-6,8,11H,2-4,7,9H2,1H3. The van der Waals surface area contributed by atoms with Gasteiger partial charge in [0.05, 0.1) is 11.1 Å². The Hall–Kier alpha value is -0.140. The van der Waals surface area contributed by atoms with Crippen molar-refractivity contribution in [1.29, 1.82) is 0 Å². The van der Waals surface area contributed by atoms with Crippen molar-refractivity contribution in [2.45, 2.75) is 30.8 Å². The van der Waals surface area contributed by atoms with Gasteiger partial charge in [0, 0.05) is 24.2 Å². The average Bonchev–Trinajstić information content (AvgIpc) is 2.39. The van der Waals surface area contributed by atoms with Crippen LogP contribution in [0, 0.1) is 0 Å². The van der Waals surface area contributed by atoms with Crippen molar-refractivity contribution < 1.29 is 13.2 Å². The molecule has 0 aliphatic carbocycles. The molecular formula is C13H17BrClNO3S. The van der Waals surface area contributed by atoms with Crippen molar-refractivity contribution in [3.8, 4) is 0 Å². The molecule has 7 heteroatoms. The molecule has 1 aliphatic rings. The van der Waals surface area contributed by atoms with E-state index >= 15 is 0 Å². The Kier molecular flexibility index (Phi) is 5.48. The minimum absolute atomic E-state index is 0.0299. The Balaban J connectivity index is 2.25. The first kappa shape index (κ1) is 16.2. The third-order valence-electron chi connectivity index (χ3n) is 3.26. The predicted octanol–water partition coefficient (Wildman–Crippen LogP) is 3.29. The summed E-state index contributed by atoms with van der Waals surface area (Å²) < 4.78 is 33.0. The van der Waals surface area contributed by atoms with E-state index in [-0.39, 0.29) is 16.0 Å². The third kappa shape index (κ3) is 3.54. The van der Waals surface area contributed by atoms with Crippen molar-refractivity contribution in [3.63, 3.8) is 0 Å². The Morgan fingerprint density at radius 3 is 2.90 bits per heavy atom. The van der Waals surface area contributed by atoms with E-state index in [0.29, 0.717) is 19.7 Å². The molecule has 1 heterocycles. The van der Waals surface area contributed by atoms with Gasteiger partial charge in [0.25, 0.3) is 0 Å². The first-order valence-electron chi connectivity index (χ1n) is 6.52. The molecule has 1 unspecified atom stereocenters. The van der Waals surface area contributed by atoms with Gasteiger partial charge in [-0.1, -0.05) is 27.5 Å². The second-order valence-electron chi connectivity index (χ2n) is 4.66. The highest BCUT2D eigenvalue weighted by molar-refractivity contribution is 9.10. The Bertz CT molecular complexity index is 577. The number of halogens is 2. The maximum atomic E-state index is 12.6. The fourth-order valence-corrected chi connectivity index (χ4v) is 4.84. The topological polar surface area (TPSA) is 46.6 Å². The van der Waals surface area contributed by atoms with Gasteiger partial charge in [-0.15, -0.1) is 0 Å². The summed E-state index contributed by atoms with van der Waals surface area (Å²) in [7, 11) is -3.56. The summed E-state index contributed by atoms with van der Waals surface area (Å²) in [5, 5.41) is 0.234. The molecule has 20 heavy (non-hydrogen) atoms. The van der Waals surface area contributed by atoms with Gasteiger partial charge >= 0.3 is 0 Å². The molecule has 1 aliphatic heterocycles. The molecule has 0 saturated carbocycles. The van der Waals surface area contributed by atoms with Crippen LogP contribution in [0.1, 0.15) is 19.8 Å². The Morgan fingerprint density at radius 1 is 1.50 bits per heavy atom. The molecule has 2 rings (SSSR count). The van der Waals surface area contributed by atoms with E-state index in [2.05, 4.69) is 15.9 Å². The van der Waals surface area contributed by atoms with Crippen LogP contribution in [0.15, 0.2) is 27.6 Å². The maximum absolute atomic E-state index is 12.6. The predicted molar refractivity (Wildman–Crippen MR) is 82.6 cm³/mol. The smallest absolute Gasteiger partial charge is 0.244 e. The number of hydrogen-bond donors (Lipinski definition) is 0. The molecule has 0 aromatic heterocycles. The quantitative estimate of drug-likeness (QED) is 0.803. The first-order chi connectivity index (χ1) is 9.45. The summed E-state index contributed by atoms with van der Waals surface area (Å²) in [5.74, 6) is 0. The van der Waals surface area contributed by atoms with Crippen LogP contribution in [0.4, 0.5) is 0 Å². The molecule has 1 aromatic rings. The number of sulfonamides is 1. The van der Waals surface area contributed by atoms with Crippen molar-refractivity contribution in [2.75, 3.05) is 19.7 Å². The van der Waals surface area contributed by atoms with Gasteiger partial charge in [-0.25, -0.2) is 8.42 Å². The van der Waals surface area contributed by atoms with Crippen molar-refractivity contribution >= 4 is 37.6 Å². The van der Waals surface area contributed by atoms with Crippen molar-refractivity contribution in [2.24, 2.45) is 0 Å². The summed E-state index contributed by atoms with van der Waals surface area (Å²) in [6.07, 6.45) is 1.67. The molecule has 1 aromatic carbocycles. The molecule has 0 radical (unpaired) electrons. The average molecular weight is 383 g/mol. The molecular weight excluding hydrogens is 366 g/mol. The summed E-state index contributed by atoms with van der Waals surface area (Å²) in [6, 6.07) is 4.81. The lowest BCUT2D eigenvalue weighted by atomic mass is 10.1. The molecule has 1 saturated heterocycles. The molecule has 0 bridgehead atoms. The summed E-state index contributed by atoms with van der Waals surface area (Å²) >= 11 is 9.34. The molecule has 0 amide bonds. The molecule has 112 valence electrons. The van der Waals surface area contributed by atoms with Crippen LogP contribution in [-0.2, 0) is 14.8 Å². The lowest BCUT2D eigenvalue weighted by Crippen LogP contribution is -2.43. The number of piperidine rings is 1. The highest BCUT2D eigenvalue weighted by Crippen LogP contribution is 2.29. The van der Waals surface area contributed by atoms with Gasteiger partial charge < -0.3 is 4.74 Å². The zero-order valence-electron chi connectivity index (χ0n) is 11.2. The largest absolute Gasteiger partial charge is 0.377 e. The number of hydrogen-bond acceptors (Lipinski definition) is 3. The van der Waals surface area contributed by atoms with Crippen LogP contribution in [0.3, 0.4) is 0 Å². The lowest BCUT2D eigenvalue weighted by Gasteiger charge is -2.31. The molecule has 1 atom stereocenters. The first-order valence-corrected chi connectivity index (χ1v) is 9.13. The zero-order valence-corrected chi connectivity index (χ0v) is 14.3. The monoisotopic (exact) mass is 381 g/mol. The summed E-state index contributed by atoms with van der Waals surface area (Å²) in [6.45, 7) is 3.41. The fourth-order valence-electron chi connectivity index (χ4n) is 2.32. The van der Waals surface area contributed by atoms with Crippen LogP contribution in [-0.4, -0.2) is 38.5 Å². The minimum atomic E-state index is -3.56. The Morgan fingerprint density at radius 2 is 2.25 bits per heavy atom. The molecule has 4 nitrogen and oxygen atoms in total. The van der Waals surface area contributed by atoms with Crippen LogP contribution in [0.2, 0.25) is 5.02 Å². The molecule has 1 fully saturated rings. The van der Waals surface area contributed by atoms with Gasteiger partial charge in [-0.3, -0.25) is 0 Å². The number of ether oxygens (including phenoxy) is 1. The Labute approximate surface area is 133 Å². The third-order valence-corrected chi connectivity index (χ3v) is 6.10. The molecule has 0 N–H and O–H groups in total. The van der Waals surface area contributed by atoms with Gasteiger partial charge in [0.15, 0.2) is 0 Å². The fraction of sp³-hybridized carbons (Fsp3) is 0.538. The number of benzene rings is 1. The van der Waals surface area contributed by atoms with Crippen LogP contribution >= 0.6 is 27.5 Å². The van der Waals surface area contributed by atoms with E-state index in [1.165, 1.54) is 10.4 Å². The second kappa shape index (κ2) is 6.75. The van der Waals surface area contributed by atoms with Crippen molar-refractivity contribution in [1.82, 2.24) is 4.31 Å². The van der Waals surface area contributed by atoms with E-state index < -0.39 is 10.0 Å². The van der Waals surface area contributed by atoms with E-state index in [4.69, 9.17) is 16.3 Å². The van der Waals surface area contributed by atoms with Gasteiger partial charge in [-0.05, 0) is 38.0 Å². The minimum Gasteiger partial charge on any atom is -0.377 e. The number of rotatable bonds is 4. The van der Waals surface area contributed by atoms with E-state index in [9.17, 15) is 8.42 Å². The van der Waals surface area contributed by atoms with Crippen LogP contribution in [0.5, 0.6) is 0 Å². The zero-order chi connectivity index (χ0) is 14.8. The highest BCUT2D eigenvalue weighted by atomic mass is 79.9. The van der Waals surface area contributed by atoms with Crippen molar-refractivity contribution in [3.05, 3.63) is 27.7 Å². The van der Waals surface area contributed by atoms with E-state index in [1.807, 2.05) is 6.92 Å². The van der Waals surface area contributed by atoms with E-state index in [0.717, 1.165) is 17.3 Å². The number of nitrogens with zero attached hydrogens (tertiary/aromatic N) is 1. The maximum Gasteiger partial charge on any atom is 0.244 e. The van der Waals surface area contributed by atoms with Gasteiger partial charge in [0.2, 0.25) is 10.0 Å². The molecule has 0 spiro atoms.